The van der Waals surface area contributed by atoms with Gasteiger partial charge in [-0.25, -0.2) is 9.97 Å². The van der Waals surface area contributed by atoms with Gasteiger partial charge in [0.15, 0.2) is 11.6 Å². The molecule has 23 heavy (non-hydrogen) atoms. The number of hydrogen-bond donors (Lipinski definition) is 3. The first kappa shape index (κ1) is 15.7. The van der Waals surface area contributed by atoms with Crippen LogP contribution in [0, 0.1) is 0 Å². The molecule has 0 atom stereocenters. The largest absolute Gasteiger partial charge is 0.495 e. The van der Waals surface area contributed by atoms with E-state index in [0.717, 1.165) is 12.8 Å². The second-order valence-electron chi connectivity index (χ2n) is 5.58. The minimum atomic E-state index is 0.431. The number of nitrogens with zero attached hydrogens (tertiary/aromatic N) is 2. The second kappa shape index (κ2) is 6.91. The molecule has 0 unspecified atom stereocenters. The molecular weight excluding hydrogens is 314 g/mol. The van der Waals surface area contributed by atoms with Gasteiger partial charge in [0, 0.05) is 11.1 Å². The molecule has 1 saturated carbocycles. The molecule has 0 saturated heterocycles. The first-order valence-electron chi connectivity index (χ1n) is 7.65. The molecule has 0 bridgehead atoms. The van der Waals surface area contributed by atoms with E-state index in [1.54, 1.807) is 25.3 Å². The van der Waals surface area contributed by atoms with Crippen LogP contribution in [0.25, 0.3) is 0 Å². The number of rotatable bonds is 5. The lowest BCUT2D eigenvalue weighted by Crippen LogP contribution is -2.17. The van der Waals surface area contributed by atoms with Gasteiger partial charge in [-0.1, -0.05) is 24.4 Å². The summed E-state index contributed by atoms with van der Waals surface area (Å²) in [5, 5.41) is 7.18. The number of anilines is 4. The quantitative estimate of drug-likeness (QED) is 0.771. The van der Waals surface area contributed by atoms with E-state index in [4.69, 9.17) is 22.1 Å². The molecule has 1 heterocycles. The van der Waals surface area contributed by atoms with Gasteiger partial charge in [0.05, 0.1) is 12.8 Å². The highest BCUT2D eigenvalue weighted by atomic mass is 35.5. The monoisotopic (exact) mass is 333 g/mol. The highest BCUT2D eigenvalue weighted by Gasteiger charge is 2.18. The van der Waals surface area contributed by atoms with Gasteiger partial charge in [0.2, 0.25) is 0 Å². The van der Waals surface area contributed by atoms with Crippen molar-refractivity contribution < 1.29 is 4.74 Å². The lowest BCUT2D eigenvalue weighted by atomic mass is 10.2. The van der Waals surface area contributed by atoms with Gasteiger partial charge < -0.3 is 21.1 Å². The Morgan fingerprint density at radius 2 is 1.96 bits per heavy atom. The van der Waals surface area contributed by atoms with Gasteiger partial charge in [-0.3, -0.25) is 0 Å². The van der Waals surface area contributed by atoms with Crippen LogP contribution in [0.5, 0.6) is 5.75 Å². The molecule has 1 aromatic carbocycles. The first-order chi connectivity index (χ1) is 11.2. The standard InChI is InChI=1S/C16H20ClN5O/c1-23-13-7-6-10(17)8-12(13)22-16-14(18)15(19-9-20-16)21-11-4-2-3-5-11/h6-9,11H,2-5,18H2,1H3,(H2,19,20,21,22). The molecular formula is C16H20ClN5O. The van der Waals surface area contributed by atoms with E-state index in [1.807, 2.05) is 0 Å². The summed E-state index contributed by atoms with van der Waals surface area (Å²) in [5.41, 5.74) is 7.41. The van der Waals surface area contributed by atoms with E-state index in [1.165, 1.54) is 19.2 Å². The summed E-state index contributed by atoms with van der Waals surface area (Å²) in [6.45, 7) is 0. The van der Waals surface area contributed by atoms with E-state index < -0.39 is 0 Å². The lowest BCUT2D eigenvalue weighted by molar-refractivity contribution is 0.417. The van der Waals surface area contributed by atoms with Gasteiger partial charge in [-0.05, 0) is 31.0 Å². The molecule has 1 aromatic heterocycles. The molecule has 0 aliphatic heterocycles. The summed E-state index contributed by atoms with van der Waals surface area (Å²) in [5.74, 6) is 1.86. The number of aromatic nitrogens is 2. The van der Waals surface area contributed by atoms with E-state index >= 15 is 0 Å². The molecule has 1 aliphatic rings. The van der Waals surface area contributed by atoms with Crippen molar-refractivity contribution in [2.45, 2.75) is 31.7 Å². The van der Waals surface area contributed by atoms with Crippen molar-refractivity contribution >= 4 is 34.6 Å². The Balaban J connectivity index is 1.84. The first-order valence-corrected chi connectivity index (χ1v) is 8.02. The molecule has 4 N–H and O–H groups in total. The Morgan fingerprint density at radius 1 is 1.22 bits per heavy atom. The summed E-state index contributed by atoms with van der Waals surface area (Å²) in [7, 11) is 1.60. The maximum Gasteiger partial charge on any atom is 0.159 e. The number of methoxy groups -OCH3 is 1. The summed E-state index contributed by atoms with van der Waals surface area (Å²) >= 11 is 6.05. The predicted molar refractivity (Wildman–Crippen MR) is 93.6 cm³/mol. The summed E-state index contributed by atoms with van der Waals surface area (Å²) < 4.78 is 5.33. The summed E-state index contributed by atoms with van der Waals surface area (Å²) in [6, 6.07) is 5.76. The Hall–Kier alpha value is -2.21. The van der Waals surface area contributed by atoms with Gasteiger partial charge in [0.1, 0.15) is 17.8 Å². The average Bonchev–Trinajstić information content (AvgIpc) is 3.04. The molecule has 2 aromatic rings. The molecule has 122 valence electrons. The van der Waals surface area contributed by atoms with Crippen molar-refractivity contribution in [3.8, 4) is 5.75 Å². The minimum Gasteiger partial charge on any atom is -0.495 e. The smallest absolute Gasteiger partial charge is 0.159 e. The Labute approximate surface area is 140 Å². The molecule has 1 aliphatic carbocycles. The third-order valence-electron chi connectivity index (χ3n) is 3.99. The van der Waals surface area contributed by atoms with Crippen LogP contribution in [0.1, 0.15) is 25.7 Å². The third-order valence-corrected chi connectivity index (χ3v) is 4.23. The van der Waals surface area contributed by atoms with E-state index in [9.17, 15) is 0 Å². The minimum absolute atomic E-state index is 0.431. The van der Waals surface area contributed by atoms with Gasteiger partial charge in [-0.15, -0.1) is 0 Å². The normalized spacial score (nSPS) is 14.7. The van der Waals surface area contributed by atoms with Crippen LogP contribution in [-0.4, -0.2) is 23.1 Å². The number of ether oxygens (including phenoxy) is 1. The van der Waals surface area contributed by atoms with Crippen molar-refractivity contribution in [2.75, 3.05) is 23.5 Å². The lowest BCUT2D eigenvalue weighted by Gasteiger charge is -2.17. The van der Waals surface area contributed by atoms with Crippen molar-refractivity contribution in [2.24, 2.45) is 0 Å². The number of hydrogen-bond acceptors (Lipinski definition) is 6. The van der Waals surface area contributed by atoms with E-state index in [0.29, 0.717) is 39.8 Å². The fraction of sp³-hybridized carbons (Fsp3) is 0.375. The number of halogens is 1. The van der Waals surface area contributed by atoms with Crippen LogP contribution >= 0.6 is 11.6 Å². The molecule has 3 rings (SSSR count). The third kappa shape index (κ3) is 3.59. The highest BCUT2D eigenvalue weighted by molar-refractivity contribution is 6.31. The van der Waals surface area contributed by atoms with Crippen LogP contribution in [0.3, 0.4) is 0 Å². The van der Waals surface area contributed by atoms with Crippen LogP contribution in [0.4, 0.5) is 23.0 Å². The van der Waals surface area contributed by atoms with Gasteiger partial charge in [-0.2, -0.15) is 0 Å². The van der Waals surface area contributed by atoms with Crippen LogP contribution < -0.4 is 21.1 Å². The zero-order chi connectivity index (χ0) is 16.2. The number of nitrogens with one attached hydrogen (secondary N) is 2. The fourth-order valence-electron chi connectivity index (χ4n) is 2.78. The molecule has 7 heteroatoms. The molecule has 0 spiro atoms. The summed E-state index contributed by atoms with van der Waals surface area (Å²) in [4.78, 5) is 8.49. The fourth-order valence-corrected chi connectivity index (χ4v) is 2.95. The topological polar surface area (TPSA) is 85.1 Å². The number of benzene rings is 1. The maximum absolute atomic E-state index is 6.22. The predicted octanol–water partition coefficient (Wildman–Crippen LogP) is 3.82. The van der Waals surface area contributed by atoms with Crippen LogP contribution in [0.15, 0.2) is 24.5 Å². The van der Waals surface area contributed by atoms with Gasteiger partial charge >= 0.3 is 0 Å². The Morgan fingerprint density at radius 3 is 2.70 bits per heavy atom. The highest BCUT2D eigenvalue weighted by Crippen LogP contribution is 2.33. The molecule has 0 amide bonds. The SMILES string of the molecule is COc1ccc(Cl)cc1Nc1ncnc(NC2CCCC2)c1N. The molecule has 1 fully saturated rings. The number of nitrogens with two attached hydrogens (primary N) is 1. The van der Waals surface area contributed by atoms with E-state index in [2.05, 4.69) is 20.6 Å². The van der Waals surface area contributed by atoms with Crippen LogP contribution in [-0.2, 0) is 0 Å². The molecule has 6 nitrogen and oxygen atoms in total. The second-order valence-corrected chi connectivity index (χ2v) is 6.02. The zero-order valence-electron chi connectivity index (χ0n) is 13.0. The van der Waals surface area contributed by atoms with Crippen molar-refractivity contribution in [3.05, 3.63) is 29.5 Å². The van der Waals surface area contributed by atoms with Gasteiger partial charge in [0.25, 0.3) is 0 Å². The van der Waals surface area contributed by atoms with Crippen LogP contribution in [0.2, 0.25) is 5.02 Å². The Kier molecular flexibility index (Phi) is 4.71. The summed E-state index contributed by atoms with van der Waals surface area (Å²) in [6.07, 6.45) is 6.27. The average molecular weight is 334 g/mol. The maximum atomic E-state index is 6.22. The van der Waals surface area contributed by atoms with Crippen molar-refractivity contribution in [1.82, 2.24) is 9.97 Å². The van der Waals surface area contributed by atoms with Crippen molar-refractivity contribution in [1.29, 1.82) is 0 Å². The zero-order valence-corrected chi connectivity index (χ0v) is 13.7. The van der Waals surface area contributed by atoms with E-state index in [-0.39, 0.29) is 0 Å². The molecule has 0 radical (unpaired) electrons. The van der Waals surface area contributed by atoms with Crippen molar-refractivity contribution in [3.63, 3.8) is 0 Å². The number of nitrogen functional groups attached to an aromatic ring is 1. The Bertz CT molecular complexity index is 688.